The van der Waals surface area contributed by atoms with E-state index in [2.05, 4.69) is 16.4 Å². The van der Waals surface area contributed by atoms with Crippen molar-refractivity contribution in [1.82, 2.24) is 5.32 Å². The third-order valence-corrected chi connectivity index (χ3v) is 3.75. The van der Waals surface area contributed by atoms with Crippen LogP contribution in [0.4, 0.5) is 0 Å². The van der Waals surface area contributed by atoms with Crippen LogP contribution in [-0.2, 0) is 4.74 Å². The average molecular weight is 365 g/mol. The number of alkyl halides is 1. The molecule has 0 saturated heterocycles. The van der Waals surface area contributed by atoms with Crippen LogP contribution in [-0.4, -0.2) is 19.9 Å². The summed E-state index contributed by atoms with van der Waals surface area (Å²) < 4.78 is 10.6. The van der Waals surface area contributed by atoms with E-state index in [1.165, 1.54) is 3.58 Å². The normalized spacial score (nSPS) is 18.7. The van der Waals surface area contributed by atoms with Crippen molar-refractivity contribution in [3.63, 3.8) is 0 Å². The molecule has 0 aromatic carbocycles. The molecule has 0 spiro atoms. The van der Waals surface area contributed by atoms with Crippen LogP contribution >= 0.6 is 41.5 Å². The van der Waals surface area contributed by atoms with Crippen molar-refractivity contribution in [2.75, 3.05) is 11.5 Å². The average Bonchev–Trinajstić information content (AvgIpc) is 1.84. The van der Waals surface area contributed by atoms with E-state index in [1.54, 1.807) is 0 Å². The summed E-state index contributed by atoms with van der Waals surface area (Å²) in [6.07, 6.45) is 2.08. The van der Waals surface area contributed by atoms with Gasteiger partial charge in [-0.3, -0.25) is 0 Å². The Morgan fingerprint density at radius 2 is 2.50 bits per heavy atom. The minimum Gasteiger partial charge on any atom is -0.386 e. The molecule has 1 heterocycles. The van der Waals surface area contributed by atoms with E-state index in [0.717, 1.165) is 6.54 Å². The molecule has 1 aliphatic rings. The van der Waals surface area contributed by atoms with Gasteiger partial charge < -0.3 is 10.1 Å². The van der Waals surface area contributed by atoms with Crippen LogP contribution in [0, 0.1) is 0 Å². The van der Waals surface area contributed by atoms with Gasteiger partial charge in [-0.1, -0.05) is 41.5 Å². The van der Waals surface area contributed by atoms with Crippen molar-refractivity contribution >= 4 is 49.9 Å². The molecule has 1 aliphatic heterocycles. The summed E-state index contributed by atoms with van der Waals surface area (Å²) in [6, 6.07) is 0. The van der Waals surface area contributed by atoms with Gasteiger partial charge in [0.2, 0.25) is 0 Å². The Morgan fingerprint density at radius 3 is 3.00 bits per heavy atom. The molecule has 0 aromatic heterocycles. The fourth-order valence-electron chi connectivity index (χ4n) is 0.403. The molecule has 0 saturated carbocycles. The first kappa shape index (κ1) is 8.79. The van der Waals surface area contributed by atoms with Gasteiger partial charge in [0.1, 0.15) is 0 Å². The summed E-state index contributed by atoms with van der Waals surface area (Å²) in [6.45, 7) is 1.08. The summed E-state index contributed by atoms with van der Waals surface area (Å²) in [7, 11) is 0. The molecule has 4 heteroatoms. The maximum absolute atomic E-state index is 5.17. The number of hydrogen-bond donors (Lipinski definition) is 1. The van der Waals surface area contributed by atoms with Crippen molar-refractivity contribution in [2.45, 2.75) is 0 Å². The van der Waals surface area contributed by atoms with Crippen LogP contribution < -0.4 is 5.32 Å². The highest BCUT2D eigenvalue weighted by Crippen LogP contribution is 2.15. The lowest BCUT2D eigenvalue weighted by atomic mass is 10.5. The minimum absolute atomic E-state index is 0.0740. The number of halogens is 2. The Morgan fingerprint density at radius 1 is 1.70 bits per heavy atom. The third-order valence-electron chi connectivity index (χ3n) is 0.906. The van der Waals surface area contributed by atoms with Crippen molar-refractivity contribution in [2.24, 2.45) is 0 Å². The smallest absolute Gasteiger partial charge is 0.0786 e. The molecule has 0 aliphatic carbocycles. The van der Waals surface area contributed by atoms with Crippen molar-refractivity contribution in [3.05, 3.63) is 9.78 Å². The molecule has 0 fully saturated rings. The summed E-state index contributed by atoms with van der Waals surface area (Å²) in [5, 5.41) is 3.09. The number of ether oxygens (including phenoxy) is 1. The summed E-state index contributed by atoms with van der Waals surface area (Å²) in [5.41, 5.74) is 0. The fourth-order valence-corrected chi connectivity index (χ4v) is 2.87. The molecular weight excluding hydrogens is 356 g/mol. The summed E-state index contributed by atoms with van der Waals surface area (Å²) >= 11 is 0.267. The molecule has 0 aromatic rings. The first-order valence-corrected chi connectivity index (χ1v) is 8.49. The van der Waals surface area contributed by atoms with Gasteiger partial charge in [0.15, 0.2) is 0 Å². The molecule has 2 nitrogen and oxygen atoms in total. The second-order valence-corrected chi connectivity index (χ2v) is 5.88. The van der Waals surface area contributed by atoms with E-state index >= 15 is 0 Å². The molecule has 10 heavy (non-hydrogen) atoms. The van der Waals surface area contributed by atoms with Crippen LogP contribution in [0.1, 0.15) is 0 Å². The van der Waals surface area contributed by atoms with Gasteiger partial charge in [0.25, 0.3) is 0 Å². The van der Waals surface area contributed by atoms with Crippen molar-refractivity contribution in [3.8, 4) is 0 Å². The van der Waals surface area contributed by atoms with Gasteiger partial charge >= 0.3 is 0 Å². The largest absolute Gasteiger partial charge is 0.386 e. The number of nitrogens with one attached hydrogen (secondary N) is 1. The van der Waals surface area contributed by atoms with Crippen LogP contribution in [0.25, 0.3) is 0 Å². The highest BCUT2D eigenvalue weighted by Gasteiger charge is 1.98. The molecule has 0 unspecified atom stereocenters. The lowest BCUT2D eigenvalue weighted by Crippen LogP contribution is -2.18. The zero-order chi connectivity index (χ0) is 7.23. The first-order chi connectivity index (χ1) is 4.93. The van der Waals surface area contributed by atoms with E-state index in [0.29, 0.717) is 0 Å². The molecule has 0 radical (unpaired) electrons. The lowest BCUT2D eigenvalue weighted by molar-refractivity contribution is 0.625. The van der Waals surface area contributed by atoms with Crippen LogP contribution in [0.5, 0.6) is 0 Å². The first-order valence-electron chi connectivity index (χ1n) is 2.76. The second kappa shape index (κ2) is 5.36. The van der Waals surface area contributed by atoms with Crippen LogP contribution in [0.15, 0.2) is 9.78 Å². The van der Waals surface area contributed by atoms with E-state index < -0.39 is 0 Å². The monoisotopic (exact) mass is 365 g/mol. The Kier molecular flexibility index (Phi) is 4.72. The van der Waals surface area contributed by atoms with E-state index in [1.807, 2.05) is 8.40 Å². The highest BCUT2D eigenvalue weighted by atomic mass is 127. The topological polar surface area (TPSA) is 21.3 Å². The molecule has 1 N–H and O–H groups in total. The Hall–Kier alpha value is 0.700. The van der Waals surface area contributed by atoms with Gasteiger partial charge in [-0.05, 0) is 4.93 Å². The van der Waals surface area contributed by atoms with Crippen molar-refractivity contribution < 1.29 is 4.74 Å². The molecule has 0 atom stereocenters. The molecule has 0 bridgehead atoms. The van der Waals surface area contributed by atoms with Crippen LogP contribution in [0.3, 0.4) is 0 Å². The second-order valence-electron chi connectivity index (χ2n) is 1.61. The highest BCUT2D eigenvalue weighted by molar-refractivity contribution is 14.2. The predicted molar refractivity (Wildman–Crippen MR) is 63.3 cm³/mol. The number of rotatable bonds is 3. The fraction of sp³-hybridized carbons (Fsp3) is 0.333. The maximum atomic E-state index is 5.17. The zero-order valence-corrected chi connectivity index (χ0v) is 9.92. The Labute approximate surface area is 80.5 Å². The Bertz CT molecular complexity index is 186. The Balaban J connectivity index is 2.16. The number of hydrogen-bond acceptors (Lipinski definition) is 2. The van der Waals surface area contributed by atoms with Gasteiger partial charge in [0, 0.05) is 16.3 Å². The summed E-state index contributed by atoms with van der Waals surface area (Å²) in [5.74, 6) is 0. The lowest BCUT2D eigenvalue weighted by Gasteiger charge is -2.10. The quantitative estimate of drug-likeness (QED) is 0.606. The molecule has 0 amide bonds. The van der Waals surface area contributed by atoms with Crippen molar-refractivity contribution in [1.29, 1.82) is 0 Å². The van der Waals surface area contributed by atoms with E-state index in [4.69, 9.17) is 4.74 Å². The maximum Gasteiger partial charge on any atom is 0.0786 e. The predicted octanol–water partition coefficient (Wildman–Crippen LogP) is 1.54. The van der Waals surface area contributed by atoms with Crippen LogP contribution in [0.2, 0.25) is 0 Å². The molecule has 58 valence electrons. The third kappa shape index (κ3) is 3.20. The molecule has 1 rings (SSSR count). The van der Waals surface area contributed by atoms with Gasteiger partial charge in [-0.2, -0.15) is 0 Å². The van der Waals surface area contributed by atoms with Gasteiger partial charge in [-0.15, -0.1) is 0 Å². The zero-order valence-electron chi connectivity index (χ0n) is 5.60. The SMILES string of the molecule is CI=COC=IC1=CNC1. The van der Waals surface area contributed by atoms with Gasteiger partial charge in [0.05, 0.1) is 8.40 Å². The minimum atomic E-state index is 0.0740. The summed E-state index contributed by atoms with van der Waals surface area (Å²) in [4.78, 5) is 2.18. The van der Waals surface area contributed by atoms with E-state index in [9.17, 15) is 0 Å². The standard InChI is InChI=1S/C6H9I2NO/c1-7-4-10-5-8-6-2-9-3-6/h2,4-5,9H,3H2,1H3. The van der Waals surface area contributed by atoms with E-state index in [-0.39, 0.29) is 41.5 Å². The van der Waals surface area contributed by atoms with Gasteiger partial charge in [-0.25, -0.2) is 0 Å². The molecular formula is C6H9I2NO.